The first kappa shape index (κ1) is 24.4. The summed E-state index contributed by atoms with van der Waals surface area (Å²) in [7, 11) is 0. The van der Waals surface area contributed by atoms with E-state index < -0.39 is 41.4 Å². The number of hydrogen-bond donors (Lipinski definition) is 2. The maximum Gasteiger partial charge on any atom is 0.410 e. The molecular weight excluding hydrogens is 364 g/mol. The van der Waals surface area contributed by atoms with Gasteiger partial charge in [-0.2, -0.15) is 0 Å². The predicted octanol–water partition coefficient (Wildman–Crippen LogP) is 1.97. The van der Waals surface area contributed by atoms with Crippen LogP contribution in [0.25, 0.3) is 0 Å². The Bertz CT molecular complexity index is 534. The highest BCUT2D eigenvalue weighted by molar-refractivity contribution is 5.76. The van der Waals surface area contributed by atoms with Crippen LogP contribution in [0.1, 0.15) is 47.5 Å². The summed E-state index contributed by atoms with van der Waals surface area (Å²) in [5.74, 6) is -1.80. The van der Waals surface area contributed by atoms with Crippen molar-refractivity contribution in [2.45, 2.75) is 53.8 Å². The van der Waals surface area contributed by atoms with Crippen molar-refractivity contribution in [1.29, 1.82) is 0 Å². The largest absolute Gasteiger partial charge is 0.481 e. The molecule has 156 valence electrons. The summed E-state index contributed by atoms with van der Waals surface area (Å²) in [6.07, 6.45) is -1.58. The normalized spacial score (nSPS) is 13.4. The molecule has 2 N–H and O–H groups in total. The third-order valence-corrected chi connectivity index (χ3v) is 3.43. The lowest BCUT2D eigenvalue weighted by molar-refractivity contribution is -0.760. The highest BCUT2D eigenvalue weighted by Crippen LogP contribution is 2.19. The number of alkyl carbamates (subject to hydrolysis) is 1. The van der Waals surface area contributed by atoms with Gasteiger partial charge >= 0.3 is 18.0 Å². The highest BCUT2D eigenvalue weighted by atomic mass is 16.9. The number of carbonyl (C=O) groups excluding carboxylic acids is 2. The lowest BCUT2D eigenvalue weighted by atomic mass is 9.94. The van der Waals surface area contributed by atoms with E-state index in [1.165, 1.54) is 20.8 Å². The number of hydrogen-bond acceptors (Lipinski definition) is 8. The minimum atomic E-state index is -1.31. The van der Waals surface area contributed by atoms with Gasteiger partial charge in [-0.1, -0.05) is 13.8 Å². The lowest BCUT2D eigenvalue weighted by Gasteiger charge is -2.24. The van der Waals surface area contributed by atoms with Gasteiger partial charge in [0.2, 0.25) is 6.29 Å². The standard InChI is InChI=1S/C16H28N2O9/c1-10(2)6-12(7-13(19)20)8-17-15(22)27-11(3)26-14(21)16(4,5)9-25-18(23)24/h10-12H,6-9H2,1-5H3,(H,17,22)(H,19,20). The van der Waals surface area contributed by atoms with E-state index in [4.69, 9.17) is 14.6 Å². The summed E-state index contributed by atoms with van der Waals surface area (Å²) < 4.78 is 9.82. The number of ether oxygens (including phenoxy) is 2. The van der Waals surface area contributed by atoms with Crippen LogP contribution in [0.2, 0.25) is 0 Å². The van der Waals surface area contributed by atoms with Crippen molar-refractivity contribution in [3.63, 3.8) is 0 Å². The Balaban J connectivity index is 4.45. The number of aliphatic carboxylic acids is 1. The van der Waals surface area contributed by atoms with Crippen LogP contribution in [0, 0.1) is 27.4 Å². The Kier molecular flexibility index (Phi) is 10.1. The molecule has 0 aromatic heterocycles. The number of nitrogens with one attached hydrogen (secondary N) is 1. The van der Waals surface area contributed by atoms with Gasteiger partial charge in [-0.15, -0.1) is 10.1 Å². The Morgan fingerprint density at radius 3 is 2.26 bits per heavy atom. The number of rotatable bonds is 12. The second kappa shape index (κ2) is 11.2. The molecular formula is C16H28N2O9. The van der Waals surface area contributed by atoms with E-state index in [9.17, 15) is 24.5 Å². The van der Waals surface area contributed by atoms with E-state index in [0.29, 0.717) is 6.42 Å². The number of esters is 1. The first-order chi connectivity index (χ1) is 12.3. The number of carbonyl (C=O) groups is 3. The molecule has 0 aromatic rings. The van der Waals surface area contributed by atoms with Crippen LogP contribution in [0.5, 0.6) is 0 Å². The summed E-state index contributed by atoms with van der Waals surface area (Å²) in [4.78, 5) is 49.0. The summed E-state index contributed by atoms with van der Waals surface area (Å²) in [6, 6.07) is 0. The Morgan fingerprint density at radius 1 is 1.19 bits per heavy atom. The predicted molar refractivity (Wildman–Crippen MR) is 92.0 cm³/mol. The van der Waals surface area contributed by atoms with E-state index in [2.05, 4.69) is 10.2 Å². The molecule has 0 radical (unpaired) electrons. The van der Waals surface area contributed by atoms with Crippen LogP contribution < -0.4 is 5.32 Å². The number of carboxylic acids is 1. The molecule has 0 bridgehead atoms. The molecule has 0 heterocycles. The smallest absolute Gasteiger partial charge is 0.410 e. The maximum atomic E-state index is 12.0. The molecule has 27 heavy (non-hydrogen) atoms. The van der Waals surface area contributed by atoms with E-state index in [1.807, 2.05) is 13.8 Å². The van der Waals surface area contributed by atoms with Crippen LogP contribution in [0.4, 0.5) is 4.79 Å². The van der Waals surface area contributed by atoms with Crippen molar-refractivity contribution in [3.8, 4) is 0 Å². The van der Waals surface area contributed by atoms with E-state index in [-0.39, 0.29) is 24.8 Å². The molecule has 0 aliphatic heterocycles. The molecule has 11 heteroatoms. The molecule has 1 amide bonds. The second-order valence-corrected chi connectivity index (χ2v) is 7.23. The highest BCUT2D eigenvalue weighted by Gasteiger charge is 2.33. The quantitative estimate of drug-likeness (QED) is 0.219. The van der Waals surface area contributed by atoms with Crippen molar-refractivity contribution in [3.05, 3.63) is 10.1 Å². The molecule has 0 saturated carbocycles. The molecule has 11 nitrogen and oxygen atoms in total. The van der Waals surface area contributed by atoms with Crippen LogP contribution >= 0.6 is 0 Å². The molecule has 0 saturated heterocycles. The van der Waals surface area contributed by atoms with E-state index in [0.717, 1.165) is 0 Å². The van der Waals surface area contributed by atoms with Crippen LogP contribution in [0.15, 0.2) is 0 Å². The molecule has 0 aromatic carbocycles. The maximum absolute atomic E-state index is 12.0. The molecule has 0 spiro atoms. The van der Waals surface area contributed by atoms with Crippen molar-refractivity contribution in [2.75, 3.05) is 13.2 Å². The number of carboxylic acid groups (broad SMARTS) is 1. The van der Waals surface area contributed by atoms with Gasteiger partial charge in [0.05, 0.1) is 5.41 Å². The topological polar surface area (TPSA) is 154 Å². The Morgan fingerprint density at radius 2 is 1.78 bits per heavy atom. The third kappa shape index (κ3) is 11.6. The van der Waals surface area contributed by atoms with Gasteiger partial charge in [0.25, 0.3) is 5.09 Å². The van der Waals surface area contributed by atoms with Gasteiger partial charge in [-0.05, 0) is 32.1 Å². The minimum Gasteiger partial charge on any atom is -0.481 e. The van der Waals surface area contributed by atoms with Crippen LogP contribution in [-0.2, 0) is 23.9 Å². The molecule has 0 fully saturated rings. The minimum absolute atomic E-state index is 0.0896. The zero-order valence-corrected chi connectivity index (χ0v) is 16.2. The fraction of sp³-hybridized carbons (Fsp3) is 0.812. The summed E-state index contributed by atoms with van der Waals surface area (Å²) in [6.45, 7) is 7.56. The van der Waals surface area contributed by atoms with Crippen molar-refractivity contribution in [2.24, 2.45) is 17.3 Å². The van der Waals surface area contributed by atoms with Crippen LogP contribution in [-0.4, -0.2) is 47.7 Å². The van der Waals surface area contributed by atoms with Gasteiger partial charge in [0.15, 0.2) is 0 Å². The average molecular weight is 392 g/mol. The number of amides is 1. The van der Waals surface area contributed by atoms with Gasteiger partial charge in [0, 0.05) is 19.9 Å². The fourth-order valence-electron chi connectivity index (χ4n) is 2.18. The van der Waals surface area contributed by atoms with E-state index >= 15 is 0 Å². The molecule has 0 aliphatic rings. The van der Waals surface area contributed by atoms with Crippen molar-refractivity contribution in [1.82, 2.24) is 5.32 Å². The number of nitrogens with zero attached hydrogens (tertiary/aromatic N) is 1. The molecule has 2 unspecified atom stereocenters. The molecule has 0 aliphatic carbocycles. The first-order valence-corrected chi connectivity index (χ1v) is 8.48. The van der Waals surface area contributed by atoms with Gasteiger partial charge < -0.3 is 24.7 Å². The first-order valence-electron chi connectivity index (χ1n) is 8.48. The van der Waals surface area contributed by atoms with Gasteiger partial charge in [-0.3, -0.25) is 9.59 Å². The summed E-state index contributed by atoms with van der Waals surface area (Å²) in [5.41, 5.74) is -1.31. The zero-order valence-electron chi connectivity index (χ0n) is 16.2. The Hall–Kier alpha value is -2.59. The lowest BCUT2D eigenvalue weighted by Crippen LogP contribution is -2.38. The van der Waals surface area contributed by atoms with E-state index in [1.54, 1.807) is 0 Å². The second-order valence-electron chi connectivity index (χ2n) is 7.23. The Labute approximate surface area is 157 Å². The van der Waals surface area contributed by atoms with Gasteiger partial charge in [0.1, 0.15) is 6.61 Å². The van der Waals surface area contributed by atoms with Gasteiger partial charge in [-0.25, -0.2) is 4.79 Å². The van der Waals surface area contributed by atoms with Crippen LogP contribution in [0.3, 0.4) is 0 Å². The zero-order chi connectivity index (χ0) is 21.2. The fourth-order valence-corrected chi connectivity index (χ4v) is 2.18. The van der Waals surface area contributed by atoms with Crippen molar-refractivity contribution < 1.29 is 38.9 Å². The summed E-state index contributed by atoms with van der Waals surface area (Å²) >= 11 is 0. The summed E-state index contributed by atoms with van der Waals surface area (Å²) in [5, 5.41) is 20.5. The van der Waals surface area contributed by atoms with Crippen molar-refractivity contribution >= 4 is 18.0 Å². The SMILES string of the molecule is CC(C)CC(CNC(=O)OC(C)OC(=O)C(C)(C)CO[N+](=O)[O-])CC(=O)O. The molecule has 2 atom stereocenters. The monoisotopic (exact) mass is 392 g/mol. The third-order valence-electron chi connectivity index (χ3n) is 3.43. The average Bonchev–Trinajstić information content (AvgIpc) is 2.49. The molecule has 0 rings (SSSR count).